The molecule has 0 bridgehead atoms. The van der Waals surface area contributed by atoms with Crippen LogP contribution in [0.2, 0.25) is 17.3 Å². The van der Waals surface area contributed by atoms with Crippen molar-refractivity contribution in [1.82, 2.24) is 14.5 Å². The minimum atomic E-state index is -1.93. The first kappa shape index (κ1) is 48.0. The summed E-state index contributed by atoms with van der Waals surface area (Å²) in [5.74, 6) is 9.59. The van der Waals surface area contributed by atoms with Crippen LogP contribution in [0.3, 0.4) is 0 Å². The first-order valence-electron chi connectivity index (χ1n) is 23.5. The van der Waals surface area contributed by atoms with Gasteiger partial charge in [0.2, 0.25) is 0 Å². The van der Waals surface area contributed by atoms with E-state index in [0.29, 0.717) is 17.8 Å². The molecular weight excluding hydrogens is 1070 g/mol. The van der Waals surface area contributed by atoms with Gasteiger partial charge in [-0.05, 0) is 74.5 Å². The number of fused-ring (bicyclic) bond motifs is 4. The van der Waals surface area contributed by atoms with Gasteiger partial charge in [-0.1, -0.05) is 93.7 Å². The SMILES string of the molecule is CC(C)Cc1cc(-c2[c-]ccc(-c3ccccc3)c2)nc[c]1[Ge]([CH3])([CH3])[CH3].CC(C)c1cc(-c2ccccc2)cc(C(C)C)c1-n1c(-c2[c-]cc3sc4ccccc4c3c2)nc2ccccc21.[Ir]. The zero-order valence-corrected chi connectivity index (χ0v) is 45.4. The zero-order chi connectivity index (χ0) is 46.1. The number of rotatable bonds is 10. The summed E-state index contributed by atoms with van der Waals surface area (Å²) in [7, 11) is 0. The van der Waals surface area contributed by atoms with Crippen LogP contribution in [0.15, 0.2) is 164 Å². The van der Waals surface area contributed by atoms with Crippen molar-refractivity contribution >= 4 is 60.2 Å². The van der Waals surface area contributed by atoms with E-state index in [9.17, 15) is 0 Å². The minimum Gasteiger partial charge on any atom is -0.333 e. The van der Waals surface area contributed by atoms with Gasteiger partial charge in [-0.25, -0.2) is 0 Å². The van der Waals surface area contributed by atoms with Gasteiger partial charge in [0.1, 0.15) is 0 Å². The summed E-state index contributed by atoms with van der Waals surface area (Å²) in [6, 6.07) is 63.3. The number of hydrogen-bond acceptors (Lipinski definition) is 3. The van der Waals surface area contributed by atoms with E-state index in [4.69, 9.17) is 9.97 Å². The fourth-order valence-corrected chi connectivity index (χ4v) is 13.6. The molecule has 0 amide bonds. The molecule has 0 aliphatic heterocycles. The van der Waals surface area contributed by atoms with Crippen LogP contribution in [-0.2, 0) is 26.5 Å². The van der Waals surface area contributed by atoms with E-state index in [-0.39, 0.29) is 20.1 Å². The second-order valence-corrected chi connectivity index (χ2v) is 31.2. The van der Waals surface area contributed by atoms with Gasteiger partial charge in [-0.3, -0.25) is 4.98 Å². The topological polar surface area (TPSA) is 30.7 Å². The summed E-state index contributed by atoms with van der Waals surface area (Å²) in [6.45, 7) is 13.8. The van der Waals surface area contributed by atoms with Gasteiger partial charge in [0.05, 0.1) is 16.9 Å². The Hall–Kier alpha value is -5.43. The molecule has 7 aromatic carbocycles. The van der Waals surface area contributed by atoms with Crippen LogP contribution < -0.4 is 4.40 Å². The zero-order valence-electron chi connectivity index (χ0n) is 40.1. The Labute approximate surface area is 418 Å². The fourth-order valence-electron chi connectivity index (χ4n) is 9.20. The van der Waals surface area contributed by atoms with Crippen LogP contribution in [0.5, 0.6) is 0 Å². The summed E-state index contributed by atoms with van der Waals surface area (Å²) in [4.78, 5) is 10.1. The van der Waals surface area contributed by atoms with Gasteiger partial charge in [-0.15, -0.1) is 23.8 Å². The van der Waals surface area contributed by atoms with Crippen molar-refractivity contribution in [2.45, 2.75) is 77.1 Å². The molecule has 1 radical (unpaired) electrons. The van der Waals surface area contributed by atoms with Crippen LogP contribution in [0.1, 0.15) is 70.1 Å². The van der Waals surface area contributed by atoms with Crippen LogP contribution >= 0.6 is 11.3 Å². The normalized spacial score (nSPS) is 11.7. The summed E-state index contributed by atoms with van der Waals surface area (Å²) in [5, 5.41) is 2.55. The number of aromatic nitrogens is 3. The Balaban J connectivity index is 0.000000196. The standard InChI is InChI=1S/C37H31N2S.C24H28GeN.Ir/c1-23(2)29-21-27(25-12-6-5-7-13-25)22-30(24(3)4)36(29)39-33-16-10-9-15-32(33)38-37(39)26-18-19-35-31(20-26)28-14-8-11-17-34(28)40-35;1-18(2)14-22-16-24(26-17-23(22)25(3,4)5)21-13-9-12-20(15-21)19-10-7-6-8-11-19;/h5-17,19-24H,1-4H3;6-12,15-18H,14H2,1-5H3;/q2*-1;. The number of imidazole rings is 1. The van der Waals surface area contributed by atoms with E-state index >= 15 is 0 Å². The molecule has 0 saturated heterocycles. The largest absolute Gasteiger partial charge is 0.333 e. The molecule has 10 rings (SSSR count). The van der Waals surface area contributed by atoms with E-state index in [1.54, 1.807) is 0 Å². The van der Waals surface area contributed by atoms with Crippen molar-refractivity contribution in [3.8, 4) is 50.6 Å². The number of hydrogen-bond donors (Lipinski definition) is 0. The second kappa shape index (κ2) is 20.4. The molecule has 339 valence electrons. The van der Waals surface area contributed by atoms with Crippen LogP contribution in [-0.4, -0.2) is 27.8 Å². The Kier molecular flexibility index (Phi) is 14.7. The smallest absolute Gasteiger partial charge is 0.0774 e. The third-order valence-electron chi connectivity index (χ3n) is 12.5. The summed E-state index contributed by atoms with van der Waals surface area (Å²) < 4.78 is 6.49. The molecular formula is C61H59GeIrN3S-2. The van der Waals surface area contributed by atoms with Crippen LogP contribution in [0.25, 0.3) is 81.8 Å². The number of pyridine rings is 1. The molecule has 3 heterocycles. The van der Waals surface area contributed by atoms with Gasteiger partial charge in [-0.2, -0.15) is 11.3 Å². The molecule has 0 atom stereocenters. The van der Waals surface area contributed by atoms with Crippen molar-refractivity contribution in [3.63, 3.8) is 0 Å². The van der Waals surface area contributed by atoms with E-state index in [1.165, 1.54) is 69.2 Å². The summed E-state index contributed by atoms with van der Waals surface area (Å²) >= 11 is -0.108. The van der Waals surface area contributed by atoms with Gasteiger partial charge >= 0.3 is 161 Å². The first-order chi connectivity index (χ1) is 31.8. The molecule has 0 spiro atoms. The molecule has 67 heavy (non-hydrogen) atoms. The molecule has 0 fully saturated rings. The fraction of sp³-hybridized carbons (Fsp3) is 0.213. The van der Waals surface area contributed by atoms with Gasteiger partial charge < -0.3 is 4.57 Å². The number of para-hydroxylation sites is 2. The van der Waals surface area contributed by atoms with Crippen LogP contribution in [0, 0.1) is 18.1 Å². The molecule has 0 N–H and O–H groups in total. The molecule has 0 saturated carbocycles. The predicted molar refractivity (Wildman–Crippen MR) is 287 cm³/mol. The monoisotopic (exact) mass is 1130 g/mol. The Morgan fingerprint density at radius 1 is 0.597 bits per heavy atom. The van der Waals surface area contributed by atoms with Crippen molar-refractivity contribution in [2.24, 2.45) is 5.92 Å². The van der Waals surface area contributed by atoms with E-state index in [2.05, 4.69) is 233 Å². The van der Waals surface area contributed by atoms with Crippen LogP contribution in [0.4, 0.5) is 0 Å². The molecule has 6 heteroatoms. The maximum atomic E-state index is 5.25. The maximum Gasteiger partial charge on any atom is 0.0774 e. The third-order valence-corrected chi connectivity index (χ3v) is 17.9. The second-order valence-electron chi connectivity index (χ2n) is 19.6. The quantitative estimate of drug-likeness (QED) is 0.101. The molecule has 3 nitrogen and oxygen atoms in total. The molecule has 0 aliphatic carbocycles. The molecule has 10 aromatic rings. The van der Waals surface area contributed by atoms with E-state index in [0.717, 1.165) is 40.1 Å². The average Bonchev–Trinajstić information content (AvgIpc) is 3.90. The summed E-state index contributed by atoms with van der Waals surface area (Å²) in [5.41, 5.74) is 15.6. The third kappa shape index (κ3) is 10.2. The predicted octanol–water partition coefficient (Wildman–Crippen LogP) is 16.7. The Morgan fingerprint density at radius 3 is 1.88 bits per heavy atom. The number of nitrogens with zero attached hydrogens (tertiary/aromatic N) is 3. The average molecular weight is 1130 g/mol. The molecule has 3 aromatic heterocycles. The van der Waals surface area contributed by atoms with Crippen molar-refractivity contribution in [1.29, 1.82) is 0 Å². The van der Waals surface area contributed by atoms with E-state index in [1.807, 2.05) is 17.4 Å². The van der Waals surface area contributed by atoms with Gasteiger partial charge in [0.25, 0.3) is 0 Å². The summed E-state index contributed by atoms with van der Waals surface area (Å²) in [6.07, 6.45) is 3.27. The first-order valence-corrected chi connectivity index (χ1v) is 31.6. The maximum absolute atomic E-state index is 5.25. The molecule has 0 aliphatic rings. The number of benzene rings is 7. The number of thiophene rings is 1. The Bertz CT molecular complexity index is 3280. The van der Waals surface area contributed by atoms with Crippen molar-refractivity contribution in [3.05, 3.63) is 193 Å². The van der Waals surface area contributed by atoms with Crippen molar-refractivity contribution < 1.29 is 20.1 Å². The van der Waals surface area contributed by atoms with Crippen molar-refractivity contribution in [2.75, 3.05) is 0 Å². The minimum absolute atomic E-state index is 0. The van der Waals surface area contributed by atoms with Gasteiger partial charge in [0.15, 0.2) is 0 Å². The Morgan fingerprint density at radius 2 is 1.22 bits per heavy atom. The molecule has 0 unspecified atom stereocenters. The van der Waals surface area contributed by atoms with E-state index < -0.39 is 13.3 Å². The van der Waals surface area contributed by atoms with Gasteiger partial charge in [0, 0.05) is 30.5 Å².